The van der Waals surface area contributed by atoms with Crippen LogP contribution in [-0.4, -0.2) is 29.5 Å². The maximum atomic E-state index is 13.4. The lowest BCUT2D eigenvalue weighted by molar-refractivity contribution is 0.189. The van der Waals surface area contributed by atoms with Crippen molar-refractivity contribution in [2.45, 2.75) is 32.4 Å². The number of carbonyl (C=O) groups is 1. The summed E-state index contributed by atoms with van der Waals surface area (Å²) in [5, 5.41) is 9.78. The van der Waals surface area contributed by atoms with E-state index in [1.807, 2.05) is 13.8 Å². The molecule has 0 aliphatic heterocycles. The predicted octanol–water partition coefficient (Wildman–Crippen LogP) is 3.12. The van der Waals surface area contributed by atoms with Crippen molar-refractivity contribution in [1.82, 2.24) is 15.1 Å². The van der Waals surface area contributed by atoms with Gasteiger partial charge in [0, 0.05) is 32.5 Å². The van der Waals surface area contributed by atoms with Gasteiger partial charge in [0.2, 0.25) is 0 Å². The summed E-state index contributed by atoms with van der Waals surface area (Å²) in [5.41, 5.74) is -0.0320. The van der Waals surface area contributed by atoms with E-state index in [9.17, 15) is 9.18 Å². The van der Waals surface area contributed by atoms with E-state index in [1.54, 1.807) is 36.2 Å². The number of hydrogen-bond acceptors (Lipinski definition) is 3. The third kappa shape index (κ3) is 5.06. The number of nitrogens with one attached hydrogen (secondary N) is 2. The van der Waals surface area contributed by atoms with Gasteiger partial charge in [-0.15, -0.1) is 0 Å². The number of carbonyl (C=O) groups excluding carboxylic acids is 1. The molecule has 0 fully saturated rings. The second-order valence-corrected chi connectivity index (χ2v) is 6.02. The van der Waals surface area contributed by atoms with Gasteiger partial charge < -0.3 is 10.1 Å². The molecule has 2 N–H and O–H groups in total. The van der Waals surface area contributed by atoms with E-state index in [0.29, 0.717) is 24.5 Å². The summed E-state index contributed by atoms with van der Waals surface area (Å²) in [6, 6.07) is 7.50. The van der Waals surface area contributed by atoms with Gasteiger partial charge in [-0.3, -0.25) is 10.00 Å². The standard InChI is InChI=1S/C17H23FN4O2/c1-17(2,13-6-4-7-14(18)12-13)20-16(23)19-15-8-10-22(21-15)9-5-11-24-3/h4,6-8,10,12H,5,9,11H2,1-3H3,(H2,19,20,21,23). The van der Waals surface area contributed by atoms with E-state index in [4.69, 9.17) is 4.74 Å². The van der Waals surface area contributed by atoms with E-state index in [-0.39, 0.29) is 5.82 Å². The predicted molar refractivity (Wildman–Crippen MR) is 90.3 cm³/mol. The minimum atomic E-state index is -0.715. The van der Waals surface area contributed by atoms with Crippen molar-refractivity contribution in [2.24, 2.45) is 0 Å². The average Bonchev–Trinajstić information content (AvgIpc) is 2.94. The molecule has 0 bridgehead atoms. The van der Waals surface area contributed by atoms with Crippen LogP contribution in [0.1, 0.15) is 25.8 Å². The number of anilines is 1. The summed E-state index contributed by atoms with van der Waals surface area (Å²) in [7, 11) is 1.65. The second kappa shape index (κ2) is 7.92. The second-order valence-electron chi connectivity index (χ2n) is 6.02. The van der Waals surface area contributed by atoms with Crippen LogP contribution in [-0.2, 0) is 16.8 Å². The summed E-state index contributed by atoms with van der Waals surface area (Å²) in [4.78, 5) is 12.2. The Hall–Kier alpha value is -2.41. The molecule has 0 saturated heterocycles. The number of aromatic nitrogens is 2. The summed E-state index contributed by atoms with van der Waals surface area (Å²) in [5.74, 6) is 0.123. The van der Waals surface area contributed by atoms with E-state index >= 15 is 0 Å². The van der Waals surface area contributed by atoms with E-state index < -0.39 is 11.6 Å². The molecule has 0 unspecified atom stereocenters. The zero-order chi connectivity index (χ0) is 17.6. The molecule has 6 nitrogen and oxygen atoms in total. The lowest BCUT2D eigenvalue weighted by Gasteiger charge is -2.26. The van der Waals surface area contributed by atoms with Crippen molar-refractivity contribution in [3.8, 4) is 0 Å². The Kier molecular flexibility index (Phi) is 5.92. The number of ether oxygens (including phenoxy) is 1. The molecule has 0 spiro atoms. The molecule has 1 aromatic carbocycles. The van der Waals surface area contributed by atoms with Crippen molar-refractivity contribution in [3.05, 3.63) is 47.9 Å². The van der Waals surface area contributed by atoms with Crippen LogP contribution in [0.2, 0.25) is 0 Å². The minimum Gasteiger partial charge on any atom is -0.385 e. The van der Waals surface area contributed by atoms with Gasteiger partial charge in [0.25, 0.3) is 0 Å². The highest BCUT2D eigenvalue weighted by Gasteiger charge is 2.23. The minimum absolute atomic E-state index is 0.336. The Bertz CT molecular complexity index is 685. The Labute approximate surface area is 141 Å². The molecular formula is C17H23FN4O2. The highest BCUT2D eigenvalue weighted by molar-refractivity contribution is 5.88. The first-order valence-corrected chi connectivity index (χ1v) is 7.78. The van der Waals surface area contributed by atoms with Crippen LogP contribution in [0.4, 0.5) is 15.0 Å². The highest BCUT2D eigenvalue weighted by Crippen LogP contribution is 2.20. The lowest BCUT2D eigenvalue weighted by Crippen LogP contribution is -2.43. The number of methoxy groups -OCH3 is 1. The van der Waals surface area contributed by atoms with Crippen LogP contribution in [0.15, 0.2) is 36.5 Å². The fourth-order valence-corrected chi connectivity index (χ4v) is 2.30. The van der Waals surface area contributed by atoms with E-state index in [1.165, 1.54) is 12.1 Å². The van der Waals surface area contributed by atoms with Crippen LogP contribution >= 0.6 is 0 Å². The SMILES string of the molecule is COCCCn1ccc(NC(=O)NC(C)(C)c2cccc(F)c2)n1. The third-order valence-corrected chi connectivity index (χ3v) is 3.59. The molecule has 2 rings (SSSR count). The molecule has 0 radical (unpaired) electrons. The van der Waals surface area contributed by atoms with Crippen LogP contribution < -0.4 is 10.6 Å². The van der Waals surface area contributed by atoms with Gasteiger partial charge in [-0.2, -0.15) is 5.10 Å². The maximum Gasteiger partial charge on any atom is 0.321 e. The molecule has 0 atom stereocenters. The molecule has 0 aliphatic carbocycles. The van der Waals surface area contributed by atoms with Gasteiger partial charge >= 0.3 is 6.03 Å². The molecule has 2 amide bonds. The van der Waals surface area contributed by atoms with Crippen molar-refractivity contribution in [2.75, 3.05) is 19.0 Å². The summed E-state index contributed by atoms with van der Waals surface area (Å²) in [6.45, 7) is 4.99. The zero-order valence-electron chi connectivity index (χ0n) is 14.2. The Morgan fingerprint density at radius 3 is 2.88 bits per heavy atom. The summed E-state index contributed by atoms with van der Waals surface area (Å²) < 4.78 is 20.1. The molecule has 1 aromatic heterocycles. The first-order valence-electron chi connectivity index (χ1n) is 7.78. The van der Waals surface area contributed by atoms with Crippen LogP contribution in [0, 0.1) is 5.82 Å². The fraction of sp³-hybridized carbons (Fsp3) is 0.412. The van der Waals surface area contributed by atoms with Crippen LogP contribution in [0.3, 0.4) is 0 Å². The van der Waals surface area contributed by atoms with E-state index in [0.717, 1.165) is 6.42 Å². The molecule has 130 valence electrons. The van der Waals surface area contributed by atoms with Gasteiger partial charge in [0.1, 0.15) is 5.82 Å². The van der Waals surface area contributed by atoms with Crippen LogP contribution in [0.5, 0.6) is 0 Å². The van der Waals surface area contributed by atoms with Gasteiger partial charge in [0.15, 0.2) is 5.82 Å². The molecule has 0 aliphatic rings. The number of aryl methyl sites for hydroxylation is 1. The van der Waals surface area contributed by atoms with Gasteiger partial charge in [-0.1, -0.05) is 12.1 Å². The molecular weight excluding hydrogens is 311 g/mol. The number of rotatable bonds is 7. The van der Waals surface area contributed by atoms with E-state index in [2.05, 4.69) is 15.7 Å². The number of amides is 2. The lowest BCUT2D eigenvalue weighted by atomic mass is 9.94. The molecule has 2 aromatic rings. The van der Waals surface area contributed by atoms with Crippen LogP contribution in [0.25, 0.3) is 0 Å². The quantitative estimate of drug-likeness (QED) is 0.765. The Morgan fingerprint density at radius 2 is 2.17 bits per heavy atom. The number of halogens is 1. The first kappa shape index (κ1) is 17.9. The average molecular weight is 334 g/mol. The molecule has 0 saturated carbocycles. The third-order valence-electron chi connectivity index (χ3n) is 3.59. The highest BCUT2D eigenvalue weighted by atomic mass is 19.1. The Balaban J connectivity index is 1.92. The normalized spacial score (nSPS) is 11.3. The maximum absolute atomic E-state index is 13.4. The van der Waals surface area contributed by atoms with Crippen molar-refractivity contribution >= 4 is 11.8 Å². The molecule has 24 heavy (non-hydrogen) atoms. The largest absolute Gasteiger partial charge is 0.385 e. The number of benzene rings is 1. The monoisotopic (exact) mass is 334 g/mol. The van der Waals surface area contributed by atoms with Crippen molar-refractivity contribution in [1.29, 1.82) is 0 Å². The van der Waals surface area contributed by atoms with Gasteiger partial charge in [-0.05, 0) is 38.0 Å². The number of nitrogens with zero attached hydrogens (tertiary/aromatic N) is 2. The van der Waals surface area contributed by atoms with Crippen molar-refractivity contribution < 1.29 is 13.9 Å². The molecule has 1 heterocycles. The summed E-state index contributed by atoms with van der Waals surface area (Å²) in [6.07, 6.45) is 2.64. The smallest absolute Gasteiger partial charge is 0.321 e. The Morgan fingerprint density at radius 1 is 1.38 bits per heavy atom. The fourth-order valence-electron chi connectivity index (χ4n) is 2.30. The molecule has 7 heteroatoms. The van der Waals surface area contributed by atoms with Crippen molar-refractivity contribution in [3.63, 3.8) is 0 Å². The summed E-state index contributed by atoms with van der Waals surface area (Å²) >= 11 is 0. The number of urea groups is 1. The topological polar surface area (TPSA) is 68.2 Å². The first-order chi connectivity index (χ1) is 11.4. The number of hydrogen-bond donors (Lipinski definition) is 2. The van der Waals surface area contributed by atoms with Gasteiger partial charge in [0.05, 0.1) is 5.54 Å². The van der Waals surface area contributed by atoms with Gasteiger partial charge in [-0.25, -0.2) is 9.18 Å². The zero-order valence-corrected chi connectivity index (χ0v) is 14.2.